The van der Waals surface area contributed by atoms with Gasteiger partial charge in [0.2, 0.25) is 0 Å². The lowest BCUT2D eigenvalue weighted by atomic mass is 10.1. The van der Waals surface area contributed by atoms with Crippen molar-refractivity contribution in [1.82, 2.24) is 5.32 Å². The number of aliphatic imine (C=N–C) groups is 1. The summed E-state index contributed by atoms with van der Waals surface area (Å²) in [6.45, 7) is -0.227. The van der Waals surface area contributed by atoms with E-state index in [2.05, 4.69) is 15.6 Å². The Morgan fingerprint density at radius 1 is 1.00 bits per heavy atom. The molecular weight excluding hydrogens is 466 g/mol. The van der Waals surface area contributed by atoms with Crippen LogP contribution in [0.2, 0.25) is 0 Å². The Bertz CT molecular complexity index is 1270. The van der Waals surface area contributed by atoms with Gasteiger partial charge in [0, 0.05) is 11.3 Å². The summed E-state index contributed by atoms with van der Waals surface area (Å²) in [7, 11) is 3.11. The Morgan fingerprint density at radius 2 is 1.77 bits per heavy atom. The number of anilines is 1. The van der Waals surface area contributed by atoms with Gasteiger partial charge in [0.05, 0.1) is 24.8 Å². The second-order valence-electron chi connectivity index (χ2n) is 7.26. The second kappa shape index (κ2) is 11.3. The van der Waals surface area contributed by atoms with Crippen LogP contribution in [-0.4, -0.2) is 37.8 Å². The molecule has 3 aromatic rings. The minimum Gasteiger partial charge on any atom is -0.497 e. The van der Waals surface area contributed by atoms with E-state index >= 15 is 0 Å². The number of nitrogens with zero attached hydrogens (tertiary/aromatic N) is 1. The molecule has 4 rings (SSSR count). The first-order chi connectivity index (χ1) is 17.1. The van der Waals surface area contributed by atoms with Crippen molar-refractivity contribution >= 4 is 46.2 Å². The van der Waals surface area contributed by atoms with Gasteiger partial charge < -0.3 is 24.8 Å². The number of hydrogen-bond donors (Lipinski definition) is 2. The first-order valence-corrected chi connectivity index (χ1v) is 11.5. The van der Waals surface area contributed by atoms with Crippen LogP contribution in [0.15, 0.2) is 82.7 Å². The van der Waals surface area contributed by atoms with E-state index in [-0.39, 0.29) is 18.4 Å². The van der Waals surface area contributed by atoms with E-state index < -0.39 is 0 Å². The summed E-state index contributed by atoms with van der Waals surface area (Å²) in [5.41, 5.74) is 1.95. The van der Waals surface area contributed by atoms with E-state index in [4.69, 9.17) is 14.2 Å². The number of thioether (sulfide) groups is 1. The fraction of sp³-hybridized carbons (Fsp3) is 0.115. The molecule has 9 heteroatoms. The normalized spacial score (nSPS) is 15.1. The minimum atomic E-state index is -0.317. The van der Waals surface area contributed by atoms with Crippen molar-refractivity contribution in [3.8, 4) is 17.2 Å². The molecular formula is C26H23N3O5S. The van der Waals surface area contributed by atoms with Gasteiger partial charge in [-0.05, 0) is 60.3 Å². The van der Waals surface area contributed by atoms with Gasteiger partial charge in [0.15, 0.2) is 23.3 Å². The first-order valence-electron chi connectivity index (χ1n) is 10.6. The van der Waals surface area contributed by atoms with Crippen molar-refractivity contribution in [3.05, 3.63) is 83.3 Å². The summed E-state index contributed by atoms with van der Waals surface area (Å²) in [4.78, 5) is 29.9. The van der Waals surface area contributed by atoms with Crippen molar-refractivity contribution in [2.75, 3.05) is 26.1 Å². The fourth-order valence-electron chi connectivity index (χ4n) is 3.21. The molecule has 0 saturated carbocycles. The number of amides is 2. The van der Waals surface area contributed by atoms with Gasteiger partial charge in [-0.15, -0.1) is 0 Å². The minimum absolute atomic E-state index is 0.227. The highest BCUT2D eigenvalue weighted by Crippen LogP contribution is 2.35. The number of benzene rings is 3. The molecule has 1 aliphatic rings. The largest absolute Gasteiger partial charge is 0.497 e. The summed E-state index contributed by atoms with van der Waals surface area (Å²) in [6, 6.07) is 21.6. The zero-order chi connectivity index (χ0) is 24.6. The Balaban J connectivity index is 1.51. The van der Waals surface area contributed by atoms with E-state index in [1.165, 1.54) is 18.9 Å². The molecule has 35 heavy (non-hydrogen) atoms. The van der Waals surface area contributed by atoms with Crippen molar-refractivity contribution < 1.29 is 23.8 Å². The van der Waals surface area contributed by atoms with Crippen LogP contribution in [0.4, 0.5) is 11.4 Å². The molecule has 1 fully saturated rings. The lowest BCUT2D eigenvalue weighted by Crippen LogP contribution is -2.20. The van der Waals surface area contributed by atoms with Crippen LogP contribution < -0.4 is 24.8 Å². The number of nitrogens with one attached hydrogen (secondary N) is 2. The number of amidine groups is 1. The Kier molecular flexibility index (Phi) is 7.69. The summed E-state index contributed by atoms with van der Waals surface area (Å²) in [5.74, 6) is 0.933. The molecule has 0 aromatic heterocycles. The topological polar surface area (TPSA) is 98.2 Å². The highest BCUT2D eigenvalue weighted by molar-refractivity contribution is 8.18. The highest BCUT2D eigenvalue weighted by Gasteiger charge is 2.25. The molecule has 8 nitrogen and oxygen atoms in total. The smallest absolute Gasteiger partial charge is 0.264 e. The van der Waals surface area contributed by atoms with Gasteiger partial charge in [0.1, 0.15) is 5.75 Å². The van der Waals surface area contributed by atoms with Gasteiger partial charge in [-0.3, -0.25) is 9.59 Å². The van der Waals surface area contributed by atoms with Crippen LogP contribution >= 0.6 is 11.8 Å². The van der Waals surface area contributed by atoms with Crippen molar-refractivity contribution in [2.45, 2.75) is 0 Å². The van der Waals surface area contributed by atoms with E-state index in [9.17, 15) is 9.59 Å². The average molecular weight is 490 g/mol. The van der Waals surface area contributed by atoms with Crippen LogP contribution in [0.3, 0.4) is 0 Å². The average Bonchev–Trinajstić information content (AvgIpc) is 3.22. The SMILES string of the molecule is COc1ccc(N=C2NC(=O)C(=Cc3cccc(OC)c3OCC(=O)Nc3ccccc3)S2)cc1. The van der Waals surface area contributed by atoms with Crippen molar-refractivity contribution in [1.29, 1.82) is 0 Å². The fourth-order valence-corrected chi connectivity index (χ4v) is 4.05. The number of carbonyl (C=O) groups is 2. The second-order valence-corrected chi connectivity index (χ2v) is 8.29. The van der Waals surface area contributed by atoms with Crippen LogP contribution in [-0.2, 0) is 9.59 Å². The third-order valence-corrected chi connectivity index (χ3v) is 5.78. The molecule has 3 aromatic carbocycles. The van der Waals surface area contributed by atoms with E-state index in [0.717, 1.165) is 5.75 Å². The molecule has 0 bridgehead atoms. The lowest BCUT2D eigenvalue weighted by Gasteiger charge is -2.13. The van der Waals surface area contributed by atoms with Crippen molar-refractivity contribution in [3.63, 3.8) is 0 Å². The number of carbonyl (C=O) groups excluding carboxylic acids is 2. The zero-order valence-corrected chi connectivity index (χ0v) is 19.9. The molecule has 0 radical (unpaired) electrons. The standard InChI is InChI=1S/C26H23N3O5S/c1-32-20-13-11-19(12-14-20)28-26-29-25(31)22(35-26)15-17-7-6-10-21(33-2)24(17)34-16-23(30)27-18-8-4-3-5-9-18/h3-15H,16H2,1-2H3,(H,27,30)(H,28,29,31). The quantitative estimate of drug-likeness (QED) is 0.449. The van der Waals surface area contributed by atoms with Gasteiger partial charge >= 0.3 is 0 Å². The summed E-state index contributed by atoms with van der Waals surface area (Å²) < 4.78 is 16.4. The number of rotatable bonds is 8. The predicted octanol–water partition coefficient (Wildman–Crippen LogP) is 4.61. The Hall–Kier alpha value is -4.24. The number of para-hydroxylation sites is 2. The highest BCUT2D eigenvalue weighted by atomic mass is 32.2. The molecule has 1 saturated heterocycles. The predicted molar refractivity (Wildman–Crippen MR) is 137 cm³/mol. The molecule has 0 unspecified atom stereocenters. The molecule has 0 spiro atoms. The monoisotopic (exact) mass is 489 g/mol. The van der Waals surface area contributed by atoms with Crippen LogP contribution in [0.25, 0.3) is 6.08 Å². The number of methoxy groups -OCH3 is 2. The maximum absolute atomic E-state index is 12.6. The first kappa shape index (κ1) is 23.9. The van der Waals surface area contributed by atoms with Gasteiger partial charge in [-0.2, -0.15) is 0 Å². The van der Waals surface area contributed by atoms with E-state index in [1.54, 1.807) is 67.8 Å². The van der Waals surface area contributed by atoms with E-state index in [0.29, 0.717) is 38.5 Å². The van der Waals surface area contributed by atoms with E-state index in [1.807, 2.05) is 18.2 Å². The van der Waals surface area contributed by atoms with Crippen LogP contribution in [0, 0.1) is 0 Å². The summed E-state index contributed by atoms with van der Waals surface area (Å²) >= 11 is 1.21. The number of hydrogen-bond acceptors (Lipinski definition) is 7. The van der Waals surface area contributed by atoms with Crippen LogP contribution in [0.5, 0.6) is 17.2 Å². The Labute approximate surface area is 207 Å². The Morgan fingerprint density at radius 3 is 2.49 bits per heavy atom. The maximum atomic E-state index is 12.6. The third-order valence-electron chi connectivity index (χ3n) is 4.87. The van der Waals surface area contributed by atoms with Gasteiger partial charge in [0.25, 0.3) is 11.8 Å². The molecule has 1 aliphatic heterocycles. The van der Waals surface area contributed by atoms with Crippen molar-refractivity contribution in [2.24, 2.45) is 4.99 Å². The maximum Gasteiger partial charge on any atom is 0.264 e. The molecule has 0 aliphatic carbocycles. The number of ether oxygens (including phenoxy) is 3. The van der Waals surface area contributed by atoms with Crippen LogP contribution in [0.1, 0.15) is 5.56 Å². The third kappa shape index (κ3) is 6.21. The zero-order valence-electron chi connectivity index (χ0n) is 19.1. The molecule has 0 atom stereocenters. The molecule has 1 heterocycles. The summed E-state index contributed by atoms with van der Waals surface area (Å²) in [5, 5.41) is 6.00. The molecule has 2 amide bonds. The molecule has 178 valence electrons. The van der Waals surface area contributed by atoms with Gasteiger partial charge in [-0.1, -0.05) is 30.3 Å². The van der Waals surface area contributed by atoms with Gasteiger partial charge in [-0.25, -0.2) is 4.99 Å². The summed E-state index contributed by atoms with van der Waals surface area (Å²) in [6.07, 6.45) is 1.68. The lowest BCUT2D eigenvalue weighted by molar-refractivity contribution is -0.118. The molecule has 2 N–H and O–H groups in total.